The molecule has 0 amide bonds. The SMILES string of the molecule is CCS(=O)(=O)[C@@H](I)[C@@H](O)c1ccccc1F. The predicted octanol–water partition coefficient (Wildman–Crippen LogP) is 2.05. The van der Waals surface area contributed by atoms with Crippen LogP contribution in [-0.2, 0) is 9.84 Å². The van der Waals surface area contributed by atoms with Crippen LogP contribution in [0, 0.1) is 5.82 Å². The lowest BCUT2D eigenvalue weighted by atomic mass is 10.1. The molecular formula is C10H12FIO3S. The number of aliphatic hydroxyl groups is 1. The summed E-state index contributed by atoms with van der Waals surface area (Å²) in [6.07, 6.45) is -1.34. The van der Waals surface area contributed by atoms with E-state index >= 15 is 0 Å². The summed E-state index contributed by atoms with van der Waals surface area (Å²) < 4.78 is 35.4. The Morgan fingerprint density at radius 1 is 1.44 bits per heavy atom. The fraction of sp³-hybridized carbons (Fsp3) is 0.400. The topological polar surface area (TPSA) is 54.4 Å². The lowest BCUT2D eigenvalue weighted by Gasteiger charge is -2.17. The van der Waals surface area contributed by atoms with Gasteiger partial charge in [0.25, 0.3) is 0 Å². The fourth-order valence-corrected chi connectivity index (χ4v) is 3.54. The molecule has 0 aliphatic carbocycles. The molecule has 90 valence electrons. The third-order valence-corrected chi connectivity index (χ3v) is 6.97. The average molecular weight is 358 g/mol. The van der Waals surface area contributed by atoms with Crippen molar-refractivity contribution in [3.8, 4) is 0 Å². The molecule has 16 heavy (non-hydrogen) atoms. The molecular weight excluding hydrogens is 346 g/mol. The zero-order valence-electron chi connectivity index (χ0n) is 8.60. The summed E-state index contributed by atoms with van der Waals surface area (Å²) >= 11 is 1.63. The molecule has 0 radical (unpaired) electrons. The molecule has 1 N–H and O–H groups in total. The first-order chi connectivity index (χ1) is 7.40. The van der Waals surface area contributed by atoms with Gasteiger partial charge >= 0.3 is 0 Å². The van der Waals surface area contributed by atoms with Gasteiger partial charge in [-0.15, -0.1) is 0 Å². The van der Waals surface area contributed by atoms with Gasteiger partial charge in [0.1, 0.15) is 15.2 Å². The summed E-state index contributed by atoms with van der Waals surface area (Å²) in [5.41, 5.74) is 0.0129. The van der Waals surface area contributed by atoms with Gasteiger partial charge in [-0.1, -0.05) is 47.7 Å². The number of sulfone groups is 1. The summed E-state index contributed by atoms with van der Waals surface area (Å²) in [6.45, 7) is 1.50. The van der Waals surface area contributed by atoms with Gasteiger partial charge in [-0.2, -0.15) is 0 Å². The minimum Gasteiger partial charge on any atom is -0.386 e. The van der Waals surface area contributed by atoms with Crippen LogP contribution in [0.2, 0.25) is 0 Å². The van der Waals surface area contributed by atoms with E-state index < -0.39 is 25.0 Å². The van der Waals surface area contributed by atoms with Crippen molar-refractivity contribution in [2.75, 3.05) is 5.75 Å². The largest absolute Gasteiger partial charge is 0.386 e. The molecule has 0 bridgehead atoms. The number of halogens is 2. The van der Waals surface area contributed by atoms with E-state index in [0.717, 1.165) is 0 Å². The number of aliphatic hydroxyl groups excluding tert-OH is 1. The molecule has 0 fully saturated rings. The monoisotopic (exact) mass is 358 g/mol. The molecule has 0 aliphatic rings. The summed E-state index contributed by atoms with van der Waals surface area (Å²) in [5.74, 6) is -0.672. The zero-order valence-corrected chi connectivity index (χ0v) is 11.6. The van der Waals surface area contributed by atoms with Crippen molar-refractivity contribution in [2.45, 2.75) is 16.3 Å². The second kappa shape index (κ2) is 5.42. The van der Waals surface area contributed by atoms with Gasteiger partial charge < -0.3 is 5.11 Å². The molecule has 3 nitrogen and oxygen atoms in total. The number of rotatable bonds is 4. The van der Waals surface area contributed by atoms with Crippen molar-refractivity contribution in [3.63, 3.8) is 0 Å². The van der Waals surface area contributed by atoms with Gasteiger partial charge in [-0.25, -0.2) is 12.8 Å². The van der Waals surface area contributed by atoms with Gasteiger partial charge in [0.15, 0.2) is 9.84 Å². The van der Waals surface area contributed by atoms with Gasteiger partial charge in [0, 0.05) is 11.3 Å². The maximum atomic E-state index is 13.3. The lowest BCUT2D eigenvalue weighted by molar-refractivity contribution is 0.192. The van der Waals surface area contributed by atoms with E-state index in [0.29, 0.717) is 0 Å². The maximum absolute atomic E-state index is 13.3. The standard InChI is InChI=1S/C10H12FIO3S/c1-2-16(14,15)10(12)9(13)7-5-3-4-6-8(7)11/h3-6,9-10,13H,2H2,1H3/t9-,10+/m0/s1. The first-order valence-electron chi connectivity index (χ1n) is 4.68. The molecule has 0 heterocycles. The van der Waals surface area contributed by atoms with Crippen molar-refractivity contribution in [2.24, 2.45) is 0 Å². The van der Waals surface area contributed by atoms with E-state index in [9.17, 15) is 17.9 Å². The third-order valence-electron chi connectivity index (χ3n) is 2.22. The molecule has 0 unspecified atom stereocenters. The number of hydrogen-bond donors (Lipinski definition) is 1. The Balaban J connectivity index is 3.04. The number of alkyl halides is 1. The van der Waals surface area contributed by atoms with Crippen LogP contribution in [-0.4, -0.2) is 22.5 Å². The van der Waals surface area contributed by atoms with E-state index in [1.807, 2.05) is 0 Å². The van der Waals surface area contributed by atoms with Crippen LogP contribution >= 0.6 is 22.6 Å². The number of benzene rings is 1. The molecule has 2 atom stereocenters. The van der Waals surface area contributed by atoms with Crippen molar-refractivity contribution >= 4 is 32.4 Å². The summed E-state index contributed by atoms with van der Waals surface area (Å²) in [4.78, 5) is 0. The molecule has 0 spiro atoms. The van der Waals surface area contributed by atoms with Crippen molar-refractivity contribution in [1.82, 2.24) is 0 Å². The highest BCUT2D eigenvalue weighted by Crippen LogP contribution is 2.29. The Hall–Kier alpha value is -0.210. The number of hydrogen-bond acceptors (Lipinski definition) is 3. The highest BCUT2D eigenvalue weighted by atomic mass is 127. The second-order valence-corrected chi connectivity index (χ2v) is 7.87. The Morgan fingerprint density at radius 3 is 2.50 bits per heavy atom. The zero-order chi connectivity index (χ0) is 12.3. The van der Waals surface area contributed by atoms with E-state index in [2.05, 4.69) is 0 Å². The van der Waals surface area contributed by atoms with Crippen LogP contribution < -0.4 is 0 Å². The van der Waals surface area contributed by atoms with E-state index in [1.54, 1.807) is 28.7 Å². The fourth-order valence-electron chi connectivity index (χ4n) is 1.21. The van der Waals surface area contributed by atoms with Gasteiger partial charge in [-0.05, 0) is 6.07 Å². The molecule has 1 aromatic carbocycles. The van der Waals surface area contributed by atoms with Crippen molar-refractivity contribution in [1.29, 1.82) is 0 Å². The van der Waals surface area contributed by atoms with E-state index in [1.165, 1.54) is 25.1 Å². The first kappa shape index (κ1) is 13.9. The van der Waals surface area contributed by atoms with Crippen molar-refractivity contribution in [3.05, 3.63) is 35.6 Å². The van der Waals surface area contributed by atoms with E-state index in [4.69, 9.17) is 0 Å². The molecule has 1 rings (SSSR count). The molecule has 0 aromatic heterocycles. The average Bonchev–Trinajstić information content (AvgIpc) is 2.27. The minimum absolute atomic E-state index is 0.0129. The normalized spacial score (nSPS) is 15.8. The Labute approximate surface area is 108 Å². The second-order valence-electron chi connectivity index (χ2n) is 3.27. The van der Waals surface area contributed by atoms with Crippen LogP contribution in [0.1, 0.15) is 18.6 Å². The highest BCUT2D eigenvalue weighted by Gasteiger charge is 2.30. The smallest absolute Gasteiger partial charge is 0.164 e. The van der Waals surface area contributed by atoms with Crippen LogP contribution in [0.3, 0.4) is 0 Å². The molecule has 0 aliphatic heterocycles. The minimum atomic E-state index is -3.39. The lowest BCUT2D eigenvalue weighted by Crippen LogP contribution is -2.24. The van der Waals surface area contributed by atoms with Crippen molar-refractivity contribution < 1.29 is 17.9 Å². The molecule has 6 heteroatoms. The third kappa shape index (κ3) is 2.92. The Morgan fingerprint density at radius 2 is 2.00 bits per heavy atom. The van der Waals surface area contributed by atoms with Gasteiger partial charge in [-0.3, -0.25) is 0 Å². The highest BCUT2D eigenvalue weighted by molar-refractivity contribution is 14.1. The Kier molecular flexibility index (Phi) is 4.69. The maximum Gasteiger partial charge on any atom is 0.164 e. The summed E-state index contributed by atoms with van der Waals surface area (Å²) in [5, 5.41) is 9.81. The van der Waals surface area contributed by atoms with E-state index in [-0.39, 0.29) is 11.3 Å². The first-order valence-corrected chi connectivity index (χ1v) is 7.64. The van der Waals surface area contributed by atoms with Crippen LogP contribution in [0.15, 0.2) is 24.3 Å². The Bertz CT molecular complexity index is 461. The molecule has 1 aromatic rings. The van der Waals surface area contributed by atoms with Crippen LogP contribution in [0.5, 0.6) is 0 Å². The molecule has 0 saturated heterocycles. The van der Waals surface area contributed by atoms with Gasteiger partial charge in [0.05, 0.1) is 0 Å². The quantitative estimate of drug-likeness (QED) is 0.662. The summed E-state index contributed by atoms with van der Waals surface area (Å²) in [6, 6.07) is 5.63. The predicted molar refractivity (Wildman–Crippen MR) is 68.6 cm³/mol. The van der Waals surface area contributed by atoms with Crippen LogP contribution in [0.4, 0.5) is 4.39 Å². The summed E-state index contributed by atoms with van der Waals surface area (Å²) in [7, 11) is -3.39. The van der Waals surface area contributed by atoms with Gasteiger partial charge in [0.2, 0.25) is 0 Å². The van der Waals surface area contributed by atoms with Crippen LogP contribution in [0.25, 0.3) is 0 Å². The molecule has 0 saturated carbocycles.